The van der Waals surface area contributed by atoms with Gasteiger partial charge in [0.25, 0.3) is 0 Å². The van der Waals surface area contributed by atoms with Crippen LogP contribution in [-0.4, -0.2) is 52.8 Å². The van der Waals surface area contributed by atoms with Crippen molar-refractivity contribution in [3.8, 4) is 0 Å². The van der Waals surface area contributed by atoms with E-state index in [9.17, 15) is 5.11 Å². The Hall–Kier alpha value is -1.64. The van der Waals surface area contributed by atoms with E-state index in [0.29, 0.717) is 24.7 Å². The van der Waals surface area contributed by atoms with Gasteiger partial charge in [0.2, 0.25) is 5.95 Å². The highest BCUT2D eigenvalue weighted by molar-refractivity contribution is 5.50. The van der Waals surface area contributed by atoms with E-state index in [4.69, 9.17) is 11.6 Å². The highest BCUT2D eigenvalue weighted by Crippen LogP contribution is 2.13. The van der Waals surface area contributed by atoms with Crippen molar-refractivity contribution in [3.05, 3.63) is 6.07 Å². The van der Waals surface area contributed by atoms with Gasteiger partial charge >= 0.3 is 0 Å². The fraction of sp³-hybridized carbons (Fsp3) is 0.600. The van der Waals surface area contributed by atoms with Gasteiger partial charge in [0.1, 0.15) is 11.6 Å². The van der Waals surface area contributed by atoms with Crippen molar-refractivity contribution in [1.29, 1.82) is 0 Å². The maximum absolute atomic E-state index is 10.1. The lowest BCUT2D eigenvalue weighted by atomic mass is 10.1. The summed E-state index contributed by atoms with van der Waals surface area (Å²) in [5.41, 5.74) is 7.05. The molecule has 7 N–H and O–H groups in total. The summed E-state index contributed by atoms with van der Waals surface area (Å²) in [6, 6.07) is 1.61. The van der Waals surface area contributed by atoms with Crippen molar-refractivity contribution in [2.45, 2.75) is 12.5 Å². The fourth-order valence-corrected chi connectivity index (χ4v) is 1.65. The number of hydrazine groups is 1. The molecule has 0 aliphatic carbocycles. The summed E-state index contributed by atoms with van der Waals surface area (Å²) in [5.74, 6) is 6.29. The topological polar surface area (TPSA) is 125 Å². The number of nitrogens with two attached hydrogens (primary N) is 2. The van der Waals surface area contributed by atoms with E-state index in [0.717, 1.165) is 0 Å². The molecule has 0 bridgehead atoms. The molecular formula is C10H21N7O. The largest absolute Gasteiger partial charge is 0.387 e. The molecule has 1 rings (SSSR count). The minimum absolute atomic E-state index is 0.111. The van der Waals surface area contributed by atoms with E-state index in [-0.39, 0.29) is 5.95 Å². The van der Waals surface area contributed by atoms with Crippen molar-refractivity contribution < 1.29 is 5.11 Å². The second kappa shape index (κ2) is 5.80. The van der Waals surface area contributed by atoms with Crippen molar-refractivity contribution in [2.75, 3.05) is 43.7 Å². The third-order valence-electron chi connectivity index (χ3n) is 2.20. The minimum Gasteiger partial charge on any atom is -0.387 e. The molecule has 0 radical (unpaired) electrons. The van der Waals surface area contributed by atoms with Gasteiger partial charge in [-0.25, -0.2) is 5.84 Å². The maximum Gasteiger partial charge on any atom is 0.223 e. The Bertz CT molecular complexity index is 394. The third-order valence-corrected chi connectivity index (χ3v) is 2.20. The number of nitrogen functional groups attached to an aromatic ring is 2. The highest BCUT2D eigenvalue weighted by Gasteiger charge is 2.21. The first-order valence-corrected chi connectivity index (χ1v) is 5.54. The first-order chi connectivity index (χ1) is 8.32. The summed E-state index contributed by atoms with van der Waals surface area (Å²) in [5, 5.41) is 13.1. The van der Waals surface area contributed by atoms with Crippen LogP contribution in [0.5, 0.6) is 0 Å². The third kappa shape index (κ3) is 4.70. The molecule has 0 aliphatic rings. The zero-order chi connectivity index (χ0) is 13.8. The second-order valence-corrected chi connectivity index (χ2v) is 4.73. The van der Waals surface area contributed by atoms with Crippen LogP contribution in [0.4, 0.5) is 17.6 Å². The van der Waals surface area contributed by atoms with E-state index < -0.39 is 5.60 Å². The molecule has 1 aromatic heterocycles. The minimum atomic E-state index is -0.875. The molecule has 0 saturated carbocycles. The number of nitrogens with one attached hydrogen (secondary N) is 2. The number of aliphatic hydroxyl groups is 1. The molecule has 0 spiro atoms. The number of nitrogens with zero attached hydrogens (tertiary/aromatic N) is 3. The van der Waals surface area contributed by atoms with Gasteiger partial charge in [-0.05, 0) is 21.0 Å². The van der Waals surface area contributed by atoms with Crippen LogP contribution in [0.3, 0.4) is 0 Å². The summed E-state index contributed by atoms with van der Waals surface area (Å²) in [6.45, 7) is 2.61. The Balaban J connectivity index is 2.65. The first-order valence-electron chi connectivity index (χ1n) is 5.54. The number of anilines is 3. The molecule has 1 atom stereocenters. The van der Waals surface area contributed by atoms with Crippen molar-refractivity contribution in [2.24, 2.45) is 5.84 Å². The molecular weight excluding hydrogens is 234 g/mol. The van der Waals surface area contributed by atoms with Crippen LogP contribution in [0.15, 0.2) is 6.07 Å². The van der Waals surface area contributed by atoms with E-state index >= 15 is 0 Å². The van der Waals surface area contributed by atoms with Gasteiger partial charge in [0.15, 0.2) is 0 Å². The molecule has 1 unspecified atom stereocenters. The lowest BCUT2D eigenvalue weighted by Gasteiger charge is -2.27. The Labute approximate surface area is 106 Å². The van der Waals surface area contributed by atoms with Gasteiger partial charge in [-0.1, -0.05) is 0 Å². The van der Waals surface area contributed by atoms with Crippen LogP contribution >= 0.6 is 0 Å². The first kappa shape index (κ1) is 14.4. The summed E-state index contributed by atoms with van der Waals surface area (Å²) >= 11 is 0. The summed E-state index contributed by atoms with van der Waals surface area (Å²) in [7, 11) is 3.79. The Morgan fingerprint density at radius 3 is 2.56 bits per heavy atom. The quantitative estimate of drug-likeness (QED) is 0.326. The average Bonchev–Trinajstić information content (AvgIpc) is 2.24. The van der Waals surface area contributed by atoms with Crippen molar-refractivity contribution >= 4 is 17.6 Å². The number of hydrogen-bond donors (Lipinski definition) is 5. The Morgan fingerprint density at radius 1 is 1.39 bits per heavy atom. The number of aromatic nitrogens is 2. The molecule has 0 saturated heterocycles. The zero-order valence-electron chi connectivity index (χ0n) is 10.9. The Morgan fingerprint density at radius 2 is 2.00 bits per heavy atom. The molecule has 1 heterocycles. The van der Waals surface area contributed by atoms with Gasteiger partial charge in [-0.15, -0.1) is 0 Å². The standard InChI is InChI=1S/C10H21N7O/c1-10(18,6-17(2)3)5-13-7-4-8(16-12)15-9(11)14-7/h4,18H,5-6,12H2,1-3H3,(H4,11,13,14,15,16). The maximum atomic E-state index is 10.1. The van der Waals surface area contributed by atoms with E-state index in [1.54, 1.807) is 13.0 Å². The van der Waals surface area contributed by atoms with Gasteiger partial charge in [0, 0.05) is 19.2 Å². The Kier molecular flexibility index (Phi) is 4.65. The molecule has 102 valence electrons. The highest BCUT2D eigenvalue weighted by atomic mass is 16.3. The smallest absolute Gasteiger partial charge is 0.223 e. The van der Waals surface area contributed by atoms with Gasteiger partial charge in [-0.2, -0.15) is 9.97 Å². The van der Waals surface area contributed by atoms with Gasteiger partial charge in [0.05, 0.1) is 5.60 Å². The normalized spacial score (nSPS) is 14.3. The van der Waals surface area contributed by atoms with Crippen LogP contribution in [0.1, 0.15) is 6.92 Å². The predicted molar refractivity (Wildman–Crippen MR) is 71.9 cm³/mol. The number of hydrogen-bond acceptors (Lipinski definition) is 8. The van der Waals surface area contributed by atoms with Crippen molar-refractivity contribution in [3.63, 3.8) is 0 Å². The van der Waals surface area contributed by atoms with E-state index in [1.807, 2.05) is 19.0 Å². The SMILES string of the molecule is CN(C)CC(C)(O)CNc1cc(NN)nc(N)n1. The lowest BCUT2D eigenvalue weighted by Crippen LogP contribution is -2.43. The van der Waals surface area contributed by atoms with Crippen LogP contribution in [-0.2, 0) is 0 Å². The van der Waals surface area contributed by atoms with Crippen LogP contribution in [0.2, 0.25) is 0 Å². The second-order valence-electron chi connectivity index (χ2n) is 4.73. The fourth-order valence-electron chi connectivity index (χ4n) is 1.65. The average molecular weight is 255 g/mol. The number of likely N-dealkylation sites (N-methyl/N-ethyl adjacent to an activating group) is 1. The van der Waals surface area contributed by atoms with E-state index in [1.165, 1.54) is 0 Å². The monoisotopic (exact) mass is 255 g/mol. The molecule has 0 aliphatic heterocycles. The predicted octanol–water partition coefficient (Wildman–Crippen LogP) is -0.931. The summed E-state index contributed by atoms with van der Waals surface area (Å²) in [6.07, 6.45) is 0. The number of rotatable bonds is 6. The van der Waals surface area contributed by atoms with Crippen LogP contribution in [0, 0.1) is 0 Å². The molecule has 8 nitrogen and oxygen atoms in total. The summed E-state index contributed by atoms with van der Waals surface area (Å²) < 4.78 is 0. The lowest BCUT2D eigenvalue weighted by molar-refractivity contribution is 0.0459. The summed E-state index contributed by atoms with van der Waals surface area (Å²) in [4.78, 5) is 9.77. The molecule has 0 fully saturated rings. The zero-order valence-corrected chi connectivity index (χ0v) is 10.9. The van der Waals surface area contributed by atoms with Crippen molar-refractivity contribution in [1.82, 2.24) is 14.9 Å². The molecule has 8 heteroatoms. The van der Waals surface area contributed by atoms with Gasteiger partial charge in [-0.3, -0.25) is 0 Å². The molecule has 0 amide bonds. The van der Waals surface area contributed by atoms with Crippen LogP contribution in [0.25, 0.3) is 0 Å². The molecule has 18 heavy (non-hydrogen) atoms. The van der Waals surface area contributed by atoms with Crippen LogP contribution < -0.4 is 22.3 Å². The van der Waals surface area contributed by atoms with Gasteiger partial charge < -0.3 is 26.5 Å². The molecule has 0 aromatic carbocycles. The van der Waals surface area contributed by atoms with E-state index in [2.05, 4.69) is 20.7 Å². The molecule has 1 aromatic rings.